The minimum absolute atomic E-state index is 0.0102. The molecule has 3 aliphatic rings. The summed E-state index contributed by atoms with van der Waals surface area (Å²) in [5.74, 6) is -0.298. The van der Waals surface area contributed by atoms with Crippen LogP contribution in [0.5, 0.6) is 11.5 Å². The maximum atomic E-state index is 13.6. The fraction of sp³-hybridized carbons (Fsp3) is 0.382. The second kappa shape index (κ2) is 13.0. The molecule has 0 atom stereocenters. The van der Waals surface area contributed by atoms with Crippen molar-refractivity contribution in [1.29, 1.82) is 0 Å². The van der Waals surface area contributed by atoms with E-state index in [4.69, 9.17) is 21.1 Å². The molecule has 2 aromatic rings. The lowest BCUT2D eigenvalue weighted by Gasteiger charge is -2.44. The Morgan fingerprint density at radius 3 is 2.33 bits per heavy atom. The minimum Gasteiger partial charge on any atom is -0.490 e. The topological polar surface area (TPSA) is 93.1 Å². The highest BCUT2D eigenvalue weighted by molar-refractivity contribution is 6.30. The predicted octanol–water partition coefficient (Wildman–Crippen LogP) is 6.93. The molecule has 0 fully saturated rings. The van der Waals surface area contributed by atoms with Crippen molar-refractivity contribution >= 4 is 29.1 Å². The van der Waals surface area contributed by atoms with Crippen molar-refractivity contribution in [2.45, 2.75) is 70.8 Å². The number of rotatable bonds is 11. The monoisotopic (exact) mass is 589 g/mol. The fourth-order valence-corrected chi connectivity index (χ4v) is 6.61. The number of nitrogens with zero attached hydrogens (tertiary/aromatic N) is 1. The molecule has 2 aliphatic carbocycles. The second-order valence-electron chi connectivity index (χ2n) is 10.9. The van der Waals surface area contributed by atoms with Gasteiger partial charge >= 0.3 is 5.97 Å². The van der Waals surface area contributed by atoms with E-state index in [2.05, 4.69) is 6.58 Å². The minimum atomic E-state index is -0.908. The number of benzene rings is 2. The van der Waals surface area contributed by atoms with E-state index >= 15 is 0 Å². The summed E-state index contributed by atoms with van der Waals surface area (Å²) in [6, 6.07) is 11.4. The van der Waals surface area contributed by atoms with E-state index in [1.54, 1.807) is 6.08 Å². The van der Waals surface area contributed by atoms with E-state index in [0.717, 1.165) is 28.1 Å². The van der Waals surface area contributed by atoms with Crippen LogP contribution < -0.4 is 9.47 Å². The molecule has 1 aliphatic heterocycles. The number of ether oxygens (including phenoxy) is 2. The number of carboxylic acid groups (broad SMARTS) is 1. The van der Waals surface area contributed by atoms with Gasteiger partial charge < -0.3 is 19.5 Å². The standard InChI is InChI=1S/C34H36ClNO6/c1-3-8-22-18-23(19-29(41-4-2)34(22)42-20-21-9-5-10-24(35)17-21)31-32-25(11-6-13-27(32)37)36(16-15-30(39)40)26-12-7-14-28(38)33(26)31/h3,5,9-10,17-19,31H,1,4,6-8,11-16,20H2,2H3,(H,39,40). The Balaban J connectivity index is 1.65. The number of aliphatic carboxylic acids is 1. The van der Waals surface area contributed by atoms with Gasteiger partial charge in [0.1, 0.15) is 6.61 Å². The SMILES string of the molecule is C=CCc1cc(C2C3=C(CCCC3=O)N(CCC(=O)O)C3=C2C(=O)CCC3)cc(OCC)c1OCc1cccc(Cl)c1. The largest absolute Gasteiger partial charge is 0.490 e. The van der Waals surface area contributed by atoms with Crippen LogP contribution in [-0.4, -0.2) is 40.7 Å². The molecule has 1 N–H and O–H groups in total. The van der Waals surface area contributed by atoms with Crippen LogP contribution in [0.15, 0.2) is 71.6 Å². The lowest BCUT2D eigenvalue weighted by Crippen LogP contribution is -2.40. The Hall–Kier alpha value is -3.84. The summed E-state index contributed by atoms with van der Waals surface area (Å²) >= 11 is 6.19. The third-order valence-electron chi connectivity index (χ3n) is 8.06. The lowest BCUT2D eigenvalue weighted by molar-refractivity contribution is -0.137. The lowest BCUT2D eigenvalue weighted by atomic mass is 9.70. The number of carbonyl (C=O) groups is 3. The van der Waals surface area contributed by atoms with E-state index in [9.17, 15) is 19.5 Å². The van der Waals surface area contributed by atoms with Crippen molar-refractivity contribution in [3.05, 3.63) is 93.3 Å². The zero-order valence-corrected chi connectivity index (χ0v) is 24.7. The van der Waals surface area contributed by atoms with Crippen LogP contribution in [0.1, 0.15) is 74.5 Å². The van der Waals surface area contributed by atoms with E-state index in [1.165, 1.54) is 0 Å². The number of hydrogen-bond donors (Lipinski definition) is 1. The number of carboxylic acids is 1. The first-order valence-corrected chi connectivity index (χ1v) is 15.0. The van der Waals surface area contributed by atoms with Crippen LogP contribution in [0.3, 0.4) is 0 Å². The highest BCUT2D eigenvalue weighted by Gasteiger charge is 2.43. The van der Waals surface area contributed by atoms with Gasteiger partial charge in [0.05, 0.1) is 13.0 Å². The number of hydrogen-bond acceptors (Lipinski definition) is 6. The molecule has 0 spiro atoms. The van der Waals surface area contributed by atoms with Crippen LogP contribution in [0, 0.1) is 0 Å². The Morgan fingerprint density at radius 2 is 1.74 bits per heavy atom. The number of Topliss-reactive ketones (excluding diaryl/α,β-unsaturated/α-hetero) is 2. The molecule has 8 heteroatoms. The average Bonchev–Trinajstić information content (AvgIpc) is 2.95. The van der Waals surface area contributed by atoms with Gasteiger partial charge in [-0.3, -0.25) is 14.4 Å². The smallest absolute Gasteiger partial charge is 0.305 e. The molecule has 0 bridgehead atoms. The summed E-state index contributed by atoms with van der Waals surface area (Å²) in [5.41, 5.74) is 5.50. The first kappa shape index (κ1) is 29.6. The molecule has 0 saturated carbocycles. The summed E-state index contributed by atoms with van der Waals surface area (Å²) in [6.45, 7) is 6.77. The van der Waals surface area contributed by atoms with Crippen molar-refractivity contribution in [2.75, 3.05) is 13.2 Å². The number of ketones is 2. The zero-order chi connectivity index (χ0) is 29.8. The van der Waals surface area contributed by atoms with Gasteiger partial charge in [0.2, 0.25) is 0 Å². The van der Waals surface area contributed by atoms with Crippen LogP contribution in [-0.2, 0) is 27.4 Å². The summed E-state index contributed by atoms with van der Waals surface area (Å²) in [7, 11) is 0. The Kier molecular flexibility index (Phi) is 9.17. The Bertz CT molecular complexity index is 1440. The molecule has 0 unspecified atom stereocenters. The molecule has 7 nitrogen and oxygen atoms in total. The molecule has 0 aromatic heterocycles. The van der Waals surface area contributed by atoms with Crippen LogP contribution in [0.2, 0.25) is 5.02 Å². The van der Waals surface area contributed by atoms with Gasteiger partial charge in [0.15, 0.2) is 23.1 Å². The number of allylic oxidation sites excluding steroid dienone is 5. The first-order chi connectivity index (χ1) is 20.3. The van der Waals surface area contributed by atoms with Gasteiger partial charge in [-0.15, -0.1) is 6.58 Å². The molecule has 1 heterocycles. The van der Waals surface area contributed by atoms with E-state index in [1.807, 2.05) is 48.2 Å². The molecule has 220 valence electrons. The van der Waals surface area contributed by atoms with Crippen molar-refractivity contribution < 1.29 is 29.0 Å². The van der Waals surface area contributed by atoms with Crippen LogP contribution in [0.4, 0.5) is 0 Å². The van der Waals surface area contributed by atoms with Crippen LogP contribution in [0.25, 0.3) is 0 Å². The third-order valence-corrected chi connectivity index (χ3v) is 8.29. The average molecular weight is 590 g/mol. The molecular weight excluding hydrogens is 554 g/mol. The fourth-order valence-electron chi connectivity index (χ4n) is 6.39. The van der Waals surface area contributed by atoms with E-state index in [0.29, 0.717) is 79.2 Å². The van der Waals surface area contributed by atoms with Gasteiger partial charge in [-0.05, 0) is 68.4 Å². The molecule has 2 aromatic carbocycles. The maximum Gasteiger partial charge on any atom is 0.305 e. The highest BCUT2D eigenvalue weighted by atomic mass is 35.5. The van der Waals surface area contributed by atoms with Crippen molar-refractivity contribution in [2.24, 2.45) is 0 Å². The highest BCUT2D eigenvalue weighted by Crippen LogP contribution is 2.50. The summed E-state index contributed by atoms with van der Waals surface area (Å²) in [6.07, 6.45) is 5.76. The quantitative estimate of drug-likeness (QED) is 0.284. The summed E-state index contributed by atoms with van der Waals surface area (Å²) in [4.78, 5) is 40.8. The molecule has 0 radical (unpaired) electrons. The zero-order valence-electron chi connectivity index (χ0n) is 23.9. The molecule has 42 heavy (non-hydrogen) atoms. The Morgan fingerprint density at radius 1 is 1.05 bits per heavy atom. The van der Waals surface area contributed by atoms with Crippen molar-refractivity contribution in [3.8, 4) is 11.5 Å². The van der Waals surface area contributed by atoms with Gasteiger partial charge in [-0.2, -0.15) is 0 Å². The molecule has 0 saturated heterocycles. The van der Waals surface area contributed by atoms with E-state index < -0.39 is 11.9 Å². The normalized spacial score (nSPS) is 17.2. The number of halogens is 1. The Labute approximate surface area is 251 Å². The molecular formula is C34H36ClNO6. The second-order valence-corrected chi connectivity index (χ2v) is 11.3. The molecule has 0 amide bonds. The predicted molar refractivity (Wildman–Crippen MR) is 161 cm³/mol. The van der Waals surface area contributed by atoms with Crippen molar-refractivity contribution in [1.82, 2.24) is 4.90 Å². The van der Waals surface area contributed by atoms with Gasteiger partial charge in [0, 0.05) is 58.4 Å². The van der Waals surface area contributed by atoms with E-state index in [-0.39, 0.29) is 31.1 Å². The third kappa shape index (κ3) is 6.02. The summed E-state index contributed by atoms with van der Waals surface area (Å²) < 4.78 is 12.4. The van der Waals surface area contributed by atoms with Crippen molar-refractivity contribution in [3.63, 3.8) is 0 Å². The summed E-state index contributed by atoms with van der Waals surface area (Å²) in [5, 5.41) is 10.1. The number of carbonyl (C=O) groups excluding carboxylic acids is 2. The van der Waals surface area contributed by atoms with Gasteiger partial charge in [-0.25, -0.2) is 0 Å². The van der Waals surface area contributed by atoms with Gasteiger partial charge in [0.25, 0.3) is 0 Å². The molecule has 5 rings (SSSR count). The maximum absolute atomic E-state index is 13.6. The van der Waals surface area contributed by atoms with Gasteiger partial charge in [-0.1, -0.05) is 35.9 Å². The van der Waals surface area contributed by atoms with Crippen LogP contribution >= 0.6 is 11.6 Å². The first-order valence-electron chi connectivity index (χ1n) is 14.6.